The van der Waals surface area contributed by atoms with Gasteiger partial charge < -0.3 is 9.84 Å². The number of hydrogen-bond acceptors (Lipinski definition) is 3. The van der Waals surface area contributed by atoms with Crippen molar-refractivity contribution in [3.05, 3.63) is 0 Å². The molecule has 96 valence electrons. The van der Waals surface area contributed by atoms with Crippen molar-refractivity contribution in [1.82, 2.24) is 0 Å². The highest BCUT2D eigenvalue weighted by molar-refractivity contribution is 5.69. The van der Waals surface area contributed by atoms with Gasteiger partial charge in [0.2, 0.25) is 0 Å². The molecule has 0 bridgehead atoms. The summed E-state index contributed by atoms with van der Waals surface area (Å²) in [5, 5.41) is 8.59. The highest BCUT2D eigenvalue weighted by Gasteiger charge is 2.00. The predicted octanol–water partition coefficient (Wildman–Crippen LogP) is 3.05. The average molecular weight is 232 g/mol. The van der Waals surface area contributed by atoms with Crippen molar-refractivity contribution in [1.29, 1.82) is 0 Å². The van der Waals surface area contributed by atoms with Crippen LogP contribution in [0.5, 0.6) is 0 Å². The number of carbonyl (C=O) groups is 1. The Labute approximate surface area is 99.2 Å². The lowest BCUT2D eigenvalue weighted by molar-refractivity contribution is -0.143. The van der Waals surface area contributed by atoms with Crippen molar-refractivity contribution in [3.8, 4) is 0 Å². The van der Waals surface area contributed by atoms with Crippen LogP contribution < -0.4 is 0 Å². The lowest BCUT2D eigenvalue weighted by Gasteiger charge is -2.02. The van der Waals surface area contributed by atoms with Gasteiger partial charge in [0, 0.05) is 13.0 Å². The number of carbonyl (C=O) groups excluding carboxylic acids is 1. The van der Waals surface area contributed by atoms with Gasteiger partial charge >= 0.3 is 5.97 Å². The first-order valence-electron chi connectivity index (χ1n) is 6.57. The summed E-state index contributed by atoms with van der Waals surface area (Å²) >= 11 is 0. The highest BCUT2D eigenvalue weighted by atomic mass is 16.8. The molecule has 0 fully saturated rings. The third-order valence-corrected chi connectivity index (χ3v) is 2.59. The molecule has 3 heteroatoms. The number of esters is 1. The van der Waals surface area contributed by atoms with Crippen LogP contribution in [-0.4, -0.2) is 24.3 Å². The maximum atomic E-state index is 11.0. The Bertz CT molecular complexity index is 157. The van der Waals surface area contributed by atoms with Crippen LogP contribution in [0.1, 0.15) is 64.7 Å². The smallest absolute Gasteiger partial charge is 0.305 e. The minimum Gasteiger partial charge on any atom is -0.466 e. The van der Waals surface area contributed by atoms with Crippen molar-refractivity contribution < 1.29 is 14.6 Å². The summed E-state index contributed by atoms with van der Waals surface area (Å²) in [4.78, 5) is 11.0. The number of unbranched alkanes of at least 4 members (excludes halogenated alkanes) is 7. The molecule has 0 spiro atoms. The van der Waals surface area contributed by atoms with Crippen LogP contribution in [0.15, 0.2) is 0 Å². The minimum atomic E-state index is -0.0644. The summed E-state index contributed by atoms with van der Waals surface area (Å²) in [5.74, 6) is -0.0644. The summed E-state index contributed by atoms with van der Waals surface area (Å²) in [6, 6.07) is 0. The third-order valence-electron chi connectivity index (χ3n) is 2.59. The summed E-state index contributed by atoms with van der Waals surface area (Å²) in [7, 11) is 0. The van der Waals surface area contributed by atoms with Gasteiger partial charge in [-0.05, 0) is 19.8 Å². The van der Waals surface area contributed by atoms with Crippen molar-refractivity contribution in [2.45, 2.75) is 64.7 Å². The fourth-order valence-corrected chi connectivity index (χ4v) is 1.67. The van der Waals surface area contributed by atoms with E-state index in [-0.39, 0.29) is 5.97 Å². The SMILES string of the molecule is CCO[14C](=O)CCCCCCCCCCO. The van der Waals surface area contributed by atoms with Crippen molar-refractivity contribution in [2.75, 3.05) is 13.2 Å². The predicted molar refractivity (Wildman–Crippen MR) is 65.3 cm³/mol. The van der Waals surface area contributed by atoms with Crippen LogP contribution in [0.3, 0.4) is 0 Å². The minimum absolute atomic E-state index is 0.0644. The van der Waals surface area contributed by atoms with Crippen molar-refractivity contribution in [3.63, 3.8) is 0 Å². The molecule has 0 aliphatic rings. The first-order valence-corrected chi connectivity index (χ1v) is 6.57. The molecule has 0 aliphatic carbocycles. The fraction of sp³-hybridized carbons (Fsp3) is 0.923. The van der Waals surface area contributed by atoms with Gasteiger partial charge in [-0.15, -0.1) is 0 Å². The molecule has 0 aliphatic heterocycles. The summed E-state index contributed by atoms with van der Waals surface area (Å²) < 4.78 is 4.85. The van der Waals surface area contributed by atoms with E-state index in [1.807, 2.05) is 6.92 Å². The zero-order valence-corrected chi connectivity index (χ0v) is 10.5. The van der Waals surface area contributed by atoms with E-state index >= 15 is 0 Å². The van der Waals surface area contributed by atoms with Crippen LogP contribution >= 0.6 is 0 Å². The van der Waals surface area contributed by atoms with Crippen molar-refractivity contribution >= 4 is 5.97 Å². The van der Waals surface area contributed by atoms with Gasteiger partial charge in [-0.1, -0.05) is 38.5 Å². The molecule has 0 heterocycles. The van der Waals surface area contributed by atoms with Gasteiger partial charge in [0.05, 0.1) is 6.61 Å². The van der Waals surface area contributed by atoms with Gasteiger partial charge in [0.1, 0.15) is 0 Å². The molecule has 1 N–H and O–H groups in total. The van der Waals surface area contributed by atoms with E-state index in [1.54, 1.807) is 0 Å². The van der Waals surface area contributed by atoms with E-state index in [9.17, 15) is 4.79 Å². The summed E-state index contributed by atoms with van der Waals surface area (Å²) in [5.41, 5.74) is 0. The largest absolute Gasteiger partial charge is 0.466 e. The molecule has 0 aromatic carbocycles. The van der Waals surface area contributed by atoms with Gasteiger partial charge in [-0.25, -0.2) is 0 Å². The first-order chi connectivity index (χ1) is 7.81. The van der Waals surface area contributed by atoms with Crippen LogP contribution in [0.25, 0.3) is 0 Å². The fourth-order valence-electron chi connectivity index (χ4n) is 1.67. The number of ether oxygens (including phenoxy) is 1. The monoisotopic (exact) mass is 232 g/mol. The van der Waals surface area contributed by atoms with E-state index in [2.05, 4.69) is 0 Å². The number of rotatable bonds is 11. The summed E-state index contributed by atoms with van der Waals surface area (Å²) in [6.07, 6.45) is 9.64. The Morgan fingerprint density at radius 2 is 1.44 bits per heavy atom. The van der Waals surface area contributed by atoms with E-state index < -0.39 is 0 Å². The van der Waals surface area contributed by atoms with Crippen LogP contribution in [-0.2, 0) is 9.53 Å². The Kier molecular flexibility index (Phi) is 12.1. The second-order valence-corrected chi connectivity index (χ2v) is 4.11. The van der Waals surface area contributed by atoms with E-state index in [0.717, 1.165) is 25.7 Å². The average Bonchev–Trinajstić information content (AvgIpc) is 2.27. The standard InChI is InChI=1S/C13H26O3/c1-2-16-13(15)11-9-7-5-3-4-6-8-10-12-14/h14H,2-12H2,1H3/i13+2. The Morgan fingerprint density at radius 3 is 1.94 bits per heavy atom. The van der Waals surface area contributed by atoms with Crippen LogP contribution in [0.2, 0.25) is 0 Å². The van der Waals surface area contributed by atoms with Crippen LogP contribution in [0.4, 0.5) is 0 Å². The zero-order chi connectivity index (χ0) is 12.1. The third kappa shape index (κ3) is 11.5. The number of aliphatic hydroxyl groups is 1. The molecule has 0 saturated carbocycles. The molecule has 0 aromatic rings. The molecular weight excluding hydrogens is 206 g/mol. The first kappa shape index (κ1) is 15.4. The maximum absolute atomic E-state index is 11.0. The Balaban J connectivity index is 3.01. The molecule has 0 radical (unpaired) electrons. The summed E-state index contributed by atoms with van der Waals surface area (Å²) in [6.45, 7) is 2.65. The van der Waals surface area contributed by atoms with Gasteiger partial charge in [-0.3, -0.25) is 4.79 Å². The molecule has 0 aromatic heterocycles. The molecule has 16 heavy (non-hydrogen) atoms. The van der Waals surface area contributed by atoms with E-state index in [4.69, 9.17) is 9.84 Å². The van der Waals surface area contributed by atoms with Gasteiger partial charge in [-0.2, -0.15) is 0 Å². The number of aliphatic hydroxyl groups excluding tert-OH is 1. The second-order valence-electron chi connectivity index (χ2n) is 4.11. The topological polar surface area (TPSA) is 46.5 Å². The normalized spacial score (nSPS) is 10.4. The van der Waals surface area contributed by atoms with Crippen LogP contribution in [0, 0.1) is 0 Å². The van der Waals surface area contributed by atoms with Gasteiger partial charge in [0.15, 0.2) is 0 Å². The van der Waals surface area contributed by atoms with Gasteiger partial charge in [0.25, 0.3) is 0 Å². The molecule has 0 amide bonds. The number of hydrogen-bond donors (Lipinski definition) is 1. The van der Waals surface area contributed by atoms with E-state index in [0.29, 0.717) is 19.6 Å². The maximum Gasteiger partial charge on any atom is 0.305 e. The zero-order valence-electron chi connectivity index (χ0n) is 10.5. The lowest BCUT2D eigenvalue weighted by atomic mass is 10.1. The quantitative estimate of drug-likeness (QED) is 0.440. The second kappa shape index (κ2) is 12.5. The highest BCUT2D eigenvalue weighted by Crippen LogP contribution is 2.09. The molecular formula is C13H26O3. The molecule has 0 unspecified atom stereocenters. The molecule has 0 saturated heterocycles. The van der Waals surface area contributed by atoms with E-state index in [1.165, 1.54) is 25.7 Å². The molecule has 0 atom stereocenters. The Morgan fingerprint density at radius 1 is 0.938 bits per heavy atom. The molecule has 0 rings (SSSR count). The lowest BCUT2D eigenvalue weighted by Crippen LogP contribution is -2.03. The Hall–Kier alpha value is -0.570. The molecule has 3 nitrogen and oxygen atoms in total. The van der Waals surface area contributed by atoms with Crippen molar-refractivity contribution in [2.24, 2.45) is 0 Å².